The fourth-order valence-electron chi connectivity index (χ4n) is 3.94. The van der Waals surface area contributed by atoms with Crippen molar-refractivity contribution in [1.82, 2.24) is 10.2 Å². The van der Waals surface area contributed by atoms with Gasteiger partial charge in [0.15, 0.2) is 5.82 Å². The summed E-state index contributed by atoms with van der Waals surface area (Å²) in [6.45, 7) is 0.238. The Hall–Kier alpha value is -3.21. The zero-order chi connectivity index (χ0) is 26.8. The number of carbonyl (C=O) groups excluding carboxylic acids is 2. The number of anilines is 1. The molecule has 0 saturated heterocycles. The van der Waals surface area contributed by atoms with Crippen LogP contribution in [0.1, 0.15) is 28.3 Å². The van der Waals surface area contributed by atoms with Gasteiger partial charge in [0.25, 0.3) is 5.91 Å². The summed E-state index contributed by atoms with van der Waals surface area (Å²) in [4.78, 5) is 24.0. The van der Waals surface area contributed by atoms with Gasteiger partial charge < -0.3 is 24.7 Å². The second kappa shape index (κ2) is 12.3. The van der Waals surface area contributed by atoms with Gasteiger partial charge in [0, 0.05) is 39.7 Å². The average Bonchev–Trinajstić information content (AvgIpc) is 2.90. The summed E-state index contributed by atoms with van der Waals surface area (Å²) in [6.07, 6.45) is 0.298. The summed E-state index contributed by atoms with van der Waals surface area (Å²) >= 11 is 12.1. The topological polar surface area (TPSA) is 113 Å². The van der Waals surface area contributed by atoms with Crippen LogP contribution in [0.3, 0.4) is 0 Å². The van der Waals surface area contributed by atoms with E-state index in [2.05, 4.69) is 15.5 Å². The summed E-state index contributed by atoms with van der Waals surface area (Å²) in [7, 11) is 0. The van der Waals surface area contributed by atoms with Crippen LogP contribution in [-0.4, -0.2) is 28.7 Å². The van der Waals surface area contributed by atoms with Crippen LogP contribution in [0.4, 0.5) is 10.2 Å². The van der Waals surface area contributed by atoms with Crippen LogP contribution in [0.5, 0.6) is 17.2 Å². The fourth-order valence-corrected chi connectivity index (χ4v) is 4.31. The molecule has 192 valence electrons. The molecule has 2 heterocycles. The third kappa shape index (κ3) is 6.51. The Bertz CT molecular complexity index is 1540. The Kier molecular flexibility index (Phi) is 9.09. The van der Waals surface area contributed by atoms with Crippen molar-refractivity contribution in [3.8, 4) is 28.5 Å². The van der Waals surface area contributed by atoms with E-state index < -0.39 is 23.6 Å². The van der Waals surface area contributed by atoms with E-state index >= 15 is 0 Å². The maximum absolute atomic E-state index is 14.1. The number of aromatic nitrogens is 2. The number of halogens is 3. The van der Waals surface area contributed by atoms with Gasteiger partial charge in [-0.3, -0.25) is 4.79 Å². The number of nitrogens with one attached hydrogen (secondary N) is 1. The van der Waals surface area contributed by atoms with Crippen molar-refractivity contribution in [3.63, 3.8) is 0 Å². The van der Waals surface area contributed by atoms with Gasteiger partial charge >= 0.3 is 29.6 Å². The second-order valence-corrected chi connectivity index (χ2v) is 9.18. The molecule has 0 fully saturated rings. The molecule has 0 spiro atoms. The van der Waals surface area contributed by atoms with E-state index in [1.54, 1.807) is 30.3 Å². The molecule has 3 aromatic carbocycles. The van der Waals surface area contributed by atoms with Crippen molar-refractivity contribution in [2.24, 2.45) is 0 Å². The first kappa shape index (κ1) is 28.8. The third-order valence-corrected chi connectivity index (χ3v) is 6.38. The Balaban J connectivity index is 0.00000353. The van der Waals surface area contributed by atoms with Gasteiger partial charge in [-0.2, -0.15) is 0 Å². The normalized spacial score (nSPS) is 13.9. The molecule has 39 heavy (non-hydrogen) atoms. The Morgan fingerprint density at radius 1 is 1.03 bits per heavy atom. The summed E-state index contributed by atoms with van der Waals surface area (Å²) < 4.78 is 25.5. The molecule has 5 rings (SSSR count). The van der Waals surface area contributed by atoms with E-state index in [1.165, 1.54) is 36.4 Å². The monoisotopic (exact) mass is 575 g/mol. The van der Waals surface area contributed by atoms with Gasteiger partial charge in [-0.25, -0.2) is 4.39 Å². The summed E-state index contributed by atoms with van der Waals surface area (Å²) in [5, 5.41) is 22.4. The van der Waals surface area contributed by atoms with Crippen LogP contribution in [0.25, 0.3) is 11.3 Å². The molecule has 0 saturated carbocycles. The average molecular weight is 576 g/mol. The number of aliphatic carboxylic acids is 1. The van der Waals surface area contributed by atoms with Gasteiger partial charge in [-0.1, -0.05) is 23.2 Å². The van der Waals surface area contributed by atoms with Crippen molar-refractivity contribution >= 4 is 40.9 Å². The van der Waals surface area contributed by atoms with Crippen LogP contribution in [0, 0.1) is 5.82 Å². The number of carboxylic acids is 1. The SMILES string of the molecule is O=C(Nc1ccc(-c2ccc(Cl)cc2F)nn1)c1ccc(Oc2cc3c(cc2Cl)C(C(=O)[O-])CCO3)cc1.[Na+]. The Labute approximate surface area is 254 Å². The summed E-state index contributed by atoms with van der Waals surface area (Å²) in [5.41, 5.74) is 1.29. The smallest absolute Gasteiger partial charge is 0.549 e. The second-order valence-electron chi connectivity index (χ2n) is 8.34. The van der Waals surface area contributed by atoms with Crippen LogP contribution in [-0.2, 0) is 4.79 Å². The van der Waals surface area contributed by atoms with E-state index in [0.717, 1.165) is 0 Å². The molecule has 4 aromatic rings. The first-order chi connectivity index (χ1) is 18.3. The molecule has 1 unspecified atom stereocenters. The van der Waals surface area contributed by atoms with E-state index in [4.69, 9.17) is 32.7 Å². The van der Waals surface area contributed by atoms with Crippen LogP contribution >= 0.6 is 23.2 Å². The van der Waals surface area contributed by atoms with Crippen molar-refractivity contribution in [2.75, 3.05) is 11.9 Å². The number of carbonyl (C=O) groups is 2. The molecule has 1 aromatic heterocycles. The van der Waals surface area contributed by atoms with Gasteiger partial charge in [0.1, 0.15) is 23.1 Å². The van der Waals surface area contributed by atoms with Crippen molar-refractivity contribution in [2.45, 2.75) is 12.3 Å². The first-order valence-electron chi connectivity index (χ1n) is 11.3. The largest absolute Gasteiger partial charge is 1.00 e. The molecule has 1 aliphatic rings. The molecule has 12 heteroatoms. The number of amides is 1. The van der Waals surface area contributed by atoms with Crippen LogP contribution in [0.2, 0.25) is 10.0 Å². The van der Waals surface area contributed by atoms with E-state index in [9.17, 15) is 19.1 Å². The van der Waals surface area contributed by atoms with Gasteiger partial charge in [0.05, 0.1) is 17.3 Å². The number of carboxylic acid groups (broad SMARTS) is 1. The number of rotatable bonds is 6. The standard InChI is InChI=1S/C27H18Cl2FN3O5.Na/c28-15-3-6-18(21(30)11-15)22-7-8-25(33-32-22)31-26(34)14-1-4-16(5-2-14)38-24-13-23-19(12-20(24)29)17(27(35)36)9-10-37-23;/h1-8,11-13,17H,9-10H2,(H,35,36)(H,31,33,34);/q;+1/p-1. The van der Waals surface area contributed by atoms with Crippen LogP contribution < -0.4 is 49.5 Å². The maximum atomic E-state index is 14.1. The van der Waals surface area contributed by atoms with Crippen LogP contribution in [0.15, 0.2) is 66.7 Å². The third-order valence-electron chi connectivity index (χ3n) is 5.85. The zero-order valence-corrected chi connectivity index (χ0v) is 23.9. The molecule has 0 aliphatic carbocycles. The minimum Gasteiger partial charge on any atom is -0.549 e. The van der Waals surface area contributed by atoms with Gasteiger partial charge in [0.2, 0.25) is 0 Å². The maximum Gasteiger partial charge on any atom is 1.00 e. The van der Waals surface area contributed by atoms with Gasteiger partial charge in [-0.15, -0.1) is 10.2 Å². The molecule has 1 N–H and O–H groups in total. The zero-order valence-electron chi connectivity index (χ0n) is 20.4. The quantitative estimate of drug-likeness (QED) is 0.351. The summed E-state index contributed by atoms with van der Waals surface area (Å²) in [5.74, 6) is -1.75. The minimum absolute atomic E-state index is 0. The number of hydrogen-bond acceptors (Lipinski definition) is 7. The van der Waals surface area contributed by atoms with Crippen molar-refractivity contribution in [3.05, 3.63) is 93.7 Å². The predicted octanol–water partition coefficient (Wildman–Crippen LogP) is 2.25. The molecular weight excluding hydrogens is 559 g/mol. The van der Waals surface area contributed by atoms with E-state index in [0.29, 0.717) is 34.7 Å². The number of ether oxygens (including phenoxy) is 2. The molecule has 1 amide bonds. The number of nitrogens with zero attached hydrogens (tertiary/aromatic N) is 2. The minimum atomic E-state index is -1.19. The fraction of sp³-hybridized carbons (Fsp3) is 0.111. The molecule has 1 aliphatic heterocycles. The molecular formula is C27H17Cl2FN3NaO5. The Morgan fingerprint density at radius 3 is 2.46 bits per heavy atom. The molecule has 8 nitrogen and oxygen atoms in total. The first-order valence-corrected chi connectivity index (χ1v) is 12.1. The van der Waals surface area contributed by atoms with E-state index in [-0.39, 0.29) is 63.3 Å². The molecule has 0 bridgehead atoms. The Morgan fingerprint density at radius 2 is 1.79 bits per heavy atom. The van der Waals surface area contributed by atoms with Crippen molar-refractivity contribution < 1.29 is 58.1 Å². The van der Waals surface area contributed by atoms with Crippen molar-refractivity contribution in [1.29, 1.82) is 0 Å². The molecule has 0 radical (unpaired) electrons. The number of benzene rings is 3. The number of fused-ring (bicyclic) bond motifs is 1. The number of hydrogen-bond donors (Lipinski definition) is 1. The molecule has 1 atom stereocenters. The van der Waals surface area contributed by atoms with E-state index in [1.807, 2.05) is 0 Å². The predicted molar refractivity (Wildman–Crippen MR) is 136 cm³/mol. The van der Waals surface area contributed by atoms with Gasteiger partial charge in [-0.05, 0) is 67.1 Å². The summed E-state index contributed by atoms with van der Waals surface area (Å²) in [6, 6.07) is 16.6.